The van der Waals surface area contributed by atoms with Crippen LogP contribution in [0.1, 0.15) is 48.7 Å². The van der Waals surface area contributed by atoms with Crippen molar-refractivity contribution in [2.45, 2.75) is 40.0 Å². The summed E-state index contributed by atoms with van der Waals surface area (Å²) in [6, 6.07) is 18.0. The van der Waals surface area contributed by atoms with E-state index in [2.05, 4.69) is 32.9 Å². The van der Waals surface area contributed by atoms with Gasteiger partial charge in [-0.1, -0.05) is 75.4 Å². The maximum atomic E-state index is 12.2. The molecule has 110 valence electrons. The molecule has 0 saturated carbocycles. The van der Waals surface area contributed by atoms with Crippen LogP contribution < -0.4 is 0 Å². The van der Waals surface area contributed by atoms with Crippen molar-refractivity contribution >= 4 is 5.78 Å². The van der Waals surface area contributed by atoms with E-state index in [1.165, 1.54) is 5.56 Å². The van der Waals surface area contributed by atoms with E-state index in [0.717, 1.165) is 24.0 Å². The van der Waals surface area contributed by atoms with Crippen LogP contribution in [0.25, 0.3) is 0 Å². The minimum absolute atomic E-state index is 0.184. The summed E-state index contributed by atoms with van der Waals surface area (Å²) >= 11 is 0. The molecule has 0 aliphatic carbocycles. The lowest BCUT2D eigenvalue weighted by molar-refractivity contribution is 0.0993. The molecule has 2 aromatic carbocycles. The number of benzene rings is 2. The summed E-state index contributed by atoms with van der Waals surface area (Å²) in [7, 11) is 0. The molecular formula is C20H24O. The molecule has 0 N–H and O–H groups in total. The highest BCUT2D eigenvalue weighted by Gasteiger charge is 2.11. The van der Waals surface area contributed by atoms with Crippen LogP contribution in [0.2, 0.25) is 0 Å². The van der Waals surface area contributed by atoms with Crippen molar-refractivity contribution < 1.29 is 4.79 Å². The molecule has 1 nitrogen and oxygen atoms in total. The molecule has 2 aromatic rings. The first kappa shape index (κ1) is 15.5. The zero-order valence-corrected chi connectivity index (χ0v) is 13.2. The largest absolute Gasteiger partial charge is 0.294 e. The van der Waals surface area contributed by atoms with Crippen LogP contribution in [-0.2, 0) is 12.8 Å². The smallest absolute Gasteiger partial charge is 0.167 e. The van der Waals surface area contributed by atoms with Gasteiger partial charge in [-0.3, -0.25) is 4.79 Å². The molecule has 0 aliphatic rings. The lowest BCUT2D eigenvalue weighted by Crippen LogP contribution is -2.07. The SMILES string of the molecule is CC(C)(C)CCc1ccc(C(=O)Cc2ccccc2)cc1. The quantitative estimate of drug-likeness (QED) is 0.697. The molecule has 0 aromatic heterocycles. The Morgan fingerprint density at radius 1 is 0.857 bits per heavy atom. The molecule has 0 amide bonds. The van der Waals surface area contributed by atoms with Crippen molar-refractivity contribution in [2.24, 2.45) is 5.41 Å². The van der Waals surface area contributed by atoms with Crippen molar-refractivity contribution in [1.82, 2.24) is 0 Å². The zero-order chi connectivity index (χ0) is 15.3. The fourth-order valence-corrected chi connectivity index (χ4v) is 2.26. The Labute approximate surface area is 128 Å². The second kappa shape index (κ2) is 6.71. The number of carbonyl (C=O) groups excluding carboxylic acids is 1. The molecular weight excluding hydrogens is 256 g/mol. The van der Waals surface area contributed by atoms with Gasteiger partial charge < -0.3 is 0 Å². The monoisotopic (exact) mass is 280 g/mol. The predicted molar refractivity (Wildman–Crippen MR) is 88.7 cm³/mol. The van der Waals surface area contributed by atoms with Crippen LogP contribution in [0, 0.1) is 5.41 Å². The number of aryl methyl sites for hydroxylation is 1. The lowest BCUT2D eigenvalue weighted by Gasteiger charge is -2.17. The summed E-state index contributed by atoms with van der Waals surface area (Å²) in [5, 5.41) is 0. The molecule has 0 bridgehead atoms. The van der Waals surface area contributed by atoms with E-state index >= 15 is 0 Å². The highest BCUT2D eigenvalue weighted by Crippen LogP contribution is 2.21. The van der Waals surface area contributed by atoms with E-state index in [0.29, 0.717) is 11.8 Å². The van der Waals surface area contributed by atoms with Crippen LogP contribution in [0.4, 0.5) is 0 Å². The Morgan fingerprint density at radius 2 is 1.48 bits per heavy atom. The van der Waals surface area contributed by atoms with Crippen LogP contribution in [0.3, 0.4) is 0 Å². The van der Waals surface area contributed by atoms with E-state index in [1.807, 2.05) is 42.5 Å². The second-order valence-electron chi connectivity index (χ2n) is 6.84. The highest BCUT2D eigenvalue weighted by atomic mass is 16.1. The molecule has 0 fully saturated rings. The Balaban J connectivity index is 1.97. The minimum atomic E-state index is 0.184. The average molecular weight is 280 g/mol. The minimum Gasteiger partial charge on any atom is -0.294 e. The van der Waals surface area contributed by atoms with Gasteiger partial charge in [0.1, 0.15) is 0 Å². The van der Waals surface area contributed by atoms with E-state index in [-0.39, 0.29) is 5.78 Å². The van der Waals surface area contributed by atoms with Crippen molar-refractivity contribution in [3.63, 3.8) is 0 Å². The van der Waals surface area contributed by atoms with Gasteiger partial charge >= 0.3 is 0 Å². The normalized spacial score (nSPS) is 11.4. The van der Waals surface area contributed by atoms with Gasteiger partial charge in [0.05, 0.1) is 0 Å². The molecule has 1 heteroatoms. The molecule has 0 atom stereocenters. The fraction of sp³-hybridized carbons (Fsp3) is 0.350. The molecule has 0 heterocycles. The van der Waals surface area contributed by atoms with Gasteiger partial charge in [-0.2, -0.15) is 0 Å². The summed E-state index contributed by atoms with van der Waals surface area (Å²) in [5.74, 6) is 0.184. The van der Waals surface area contributed by atoms with Gasteiger partial charge in [-0.05, 0) is 29.4 Å². The van der Waals surface area contributed by atoms with Gasteiger partial charge in [-0.25, -0.2) is 0 Å². The van der Waals surface area contributed by atoms with Gasteiger partial charge in [0.15, 0.2) is 5.78 Å². The summed E-state index contributed by atoms with van der Waals surface area (Å²) in [6.45, 7) is 6.76. The van der Waals surface area contributed by atoms with Crippen molar-refractivity contribution in [3.05, 3.63) is 71.3 Å². The first-order chi connectivity index (χ1) is 9.94. The van der Waals surface area contributed by atoms with Gasteiger partial charge in [0, 0.05) is 12.0 Å². The number of hydrogen-bond acceptors (Lipinski definition) is 1. The summed E-state index contributed by atoms with van der Waals surface area (Å²) < 4.78 is 0. The molecule has 21 heavy (non-hydrogen) atoms. The molecule has 0 spiro atoms. The number of rotatable bonds is 5. The molecule has 2 rings (SSSR count). The number of ketones is 1. The summed E-state index contributed by atoms with van der Waals surface area (Å²) in [4.78, 5) is 12.2. The van der Waals surface area contributed by atoms with Crippen LogP contribution in [0.15, 0.2) is 54.6 Å². The third-order valence-electron chi connectivity index (χ3n) is 3.65. The molecule has 0 saturated heterocycles. The number of Topliss-reactive ketones (excluding diaryl/α,β-unsaturated/α-hetero) is 1. The third kappa shape index (κ3) is 5.18. The predicted octanol–water partition coefficient (Wildman–Crippen LogP) is 5.09. The second-order valence-corrected chi connectivity index (χ2v) is 6.84. The maximum absolute atomic E-state index is 12.2. The van der Waals surface area contributed by atoms with Crippen LogP contribution in [0.5, 0.6) is 0 Å². The van der Waals surface area contributed by atoms with Crippen LogP contribution in [-0.4, -0.2) is 5.78 Å². The van der Waals surface area contributed by atoms with Crippen molar-refractivity contribution in [3.8, 4) is 0 Å². The van der Waals surface area contributed by atoms with Gasteiger partial charge in [0.2, 0.25) is 0 Å². The van der Waals surface area contributed by atoms with E-state index in [1.54, 1.807) is 0 Å². The lowest BCUT2D eigenvalue weighted by atomic mass is 9.88. The fourth-order valence-electron chi connectivity index (χ4n) is 2.26. The topological polar surface area (TPSA) is 17.1 Å². The highest BCUT2D eigenvalue weighted by molar-refractivity contribution is 5.97. The van der Waals surface area contributed by atoms with Gasteiger partial charge in [0.25, 0.3) is 0 Å². The van der Waals surface area contributed by atoms with E-state index in [4.69, 9.17) is 0 Å². The van der Waals surface area contributed by atoms with E-state index < -0.39 is 0 Å². The standard InChI is InChI=1S/C20H24O/c1-20(2,3)14-13-16-9-11-18(12-10-16)19(21)15-17-7-5-4-6-8-17/h4-12H,13-15H2,1-3H3. The van der Waals surface area contributed by atoms with Crippen LogP contribution >= 0.6 is 0 Å². The molecule has 0 unspecified atom stereocenters. The number of carbonyl (C=O) groups is 1. The Bertz CT molecular complexity index is 573. The van der Waals surface area contributed by atoms with Crippen molar-refractivity contribution in [2.75, 3.05) is 0 Å². The molecule has 0 radical (unpaired) electrons. The Morgan fingerprint density at radius 3 is 2.05 bits per heavy atom. The van der Waals surface area contributed by atoms with E-state index in [9.17, 15) is 4.79 Å². The first-order valence-corrected chi connectivity index (χ1v) is 7.60. The molecule has 0 aliphatic heterocycles. The zero-order valence-electron chi connectivity index (χ0n) is 13.2. The Hall–Kier alpha value is -1.89. The van der Waals surface area contributed by atoms with Gasteiger partial charge in [-0.15, -0.1) is 0 Å². The number of hydrogen-bond donors (Lipinski definition) is 0. The summed E-state index contributed by atoms with van der Waals surface area (Å²) in [5.41, 5.74) is 3.53. The average Bonchev–Trinajstić information content (AvgIpc) is 2.46. The summed E-state index contributed by atoms with van der Waals surface area (Å²) in [6.07, 6.45) is 2.70. The first-order valence-electron chi connectivity index (χ1n) is 7.60. The van der Waals surface area contributed by atoms with Crippen molar-refractivity contribution in [1.29, 1.82) is 0 Å². The maximum Gasteiger partial charge on any atom is 0.167 e. The third-order valence-corrected chi connectivity index (χ3v) is 3.65. The Kier molecular flexibility index (Phi) is 4.95.